The van der Waals surface area contributed by atoms with Crippen molar-refractivity contribution < 1.29 is 23.0 Å². The van der Waals surface area contributed by atoms with Gasteiger partial charge in [0.25, 0.3) is 5.69 Å². The summed E-state index contributed by atoms with van der Waals surface area (Å²) in [6, 6.07) is 4.01. The van der Waals surface area contributed by atoms with E-state index in [1.165, 1.54) is 30.5 Å². The Kier molecular flexibility index (Phi) is 6.54. The molecule has 0 bridgehead atoms. The normalized spacial score (nSPS) is 20.6. The number of quaternary nitrogens is 1. The van der Waals surface area contributed by atoms with Gasteiger partial charge in [-0.15, -0.1) is 0 Å². The van der Waals surface area contributed by atoms with Crippen LogP contribution in [0.25, 0.3) is 0 Å². The molecule has 0 unspecified atom stereocenters. The molecule has 9 nitrogen and oxygen atoms in total. The Morgan fingerprint density at radius 2 is 1.89 bits per heavy atom. The van der Waals surface area contributed by atoms with Crippen LogP contribution in [0.1, 0.15) is 32.1 Å². The second kappa shape index (κ2) is 8.73. The van der Waals surface area contributed by atoms with E-state index in [2.05, 4.69) is 10.0 Å². The lowest BCUT2D eigenvalue weighted by Gasteiger charge is -2.45. The van der Waals surface area contributed by atoms with E-state index in [0.717, 1.165) is 58.1 Å². The minimum Gasteiger partial charge on any atom is -0.373 e. The van der Waals surface area contributed by atoms with Crippen molar-refractivity contribution >= 4 is 21.4 Å². The standard InChI is InChI=1S/C18H28N4O5S/c1-19-28(25,26)15-5-6-16(17(13-15)22(23)24)20-14-18(7-3-2-4-8-18)21-9-11-27-12-10-21/h5-6,13,19-20H,2-4,7-12,14H2,1H3/p+1. The lowest BCUT2D eigenvalue weighted by Crippen LogP contribution is -3.22. The number of nitrogens with zero attached hydrogens (tertiary/aromatic N) is 1. The van der Waals surface area contributed by atoms with Crippen LogP contribution in [-0.2, 0) is 14.8 Å². The van der Waals surface area contributed by atoms with Gasteiger partial charge in [0, 0.05) is 18.9 Å². The molecule has 10 heteroatoms. The molecule has 1 saturated carbocycles. The lowest BCUT2D eigenvalue weighted by atomic mass is 9.79. The topological polar surface area (TPSA) is 115 Å². The first-order chi connectivity index (χ1) is 13.4. The summed E-state index contributed by atoms with van der Waals surface area (Å²) < 4.78 is 31.7. The molecule has 3 rings (SSSR count). The third-order valence-corrected chi connectivity index (χ3v) is 7.43. The predicted octanol–water partition coefficient (Wildman–Crippen LogP) is 0.533. The second-order valence-corrected chi connectivity index (χ2v) is 9.44. The molecule has 1 aromatic rings. The van der Waals surface area contributed by atoms with Crippen LogP contribution in [0.15, 0.2) is 23.1 Å². The number of rotatable bonds is 7. The van der Waals surface area contributed by atoms with Gasteiger partial charge in [0.15, 0.2) is 0 Å². The number of benzene rings is 1. The minimum atomic E-state index is -3.74. The van der Waals surface area contributed by atoms with Gasteiger partial charge in [-0.25, -0.2) is 13.1 Å². The van der Waals surface area contributed by atoms with Gasteiger partial charge in [0.2, 0.25) is 10.0 Å². The van der Waals surface area contributed by atoms with Crippen molar-refractivity contribution in [2.75, 3.05) is 45.2 Å². The zero-order chi connectivity index (χ0) is 20.2. The maximum absolute atomic E-state index is 12.0. The van der Waals surface area contributed by atoms with Crippen molar-refractivity contribution in [3.8, 4) is 0 Å². The van der Waals surface area contributed by atoms with E-state index in [4.69, 9.17) is 4.74 Å². The first-order valence-electron chi connectivity index (χ1n) is 9.77. The predicted molar refractivity (Wildman–Crippen MR) is 105 cm³/mol. The smallest absolute Gasteiger partial charge is 0.293 e. The summed E-state index contributed by atoms with van der Waals surface area (Å²) in [6.07, 6.45) is 5.70. The van der Waals surface area contributed by atoms with Crippen molar-refractivity contribution in [2.24, 2.45) is 0 Å². The molecule has 2 aliphatic rings. The maximum atomic E-state index is 12.0. The molecule has 0 aromatic heterocycles. The van der Waals surface area contributed by atoms with Crippen LogP contribution < -0.4 is 14.9 Å². The van der Waals surface area contributed by atoms with Crippen LogP contribution in [0.2, 0.25) is 0 Å². The van der Waals surface area contributed by atoms with Crippen molar-refractivity contribution in [3.63, 3.8) is 0 Å². The summed E-state index contributed by atoms with van der Waals surface area (Å²) in [6.45, 7) is 4.01. The van der Waals surface area contributed by atoms with Gasteiger partial charge in [0.05, 0.1) is 29.6 Å². The van der Waals surface area contributed by atoms with Gasteiger partial charge in [-0.2, -0.15) is 0 Å². The van der Waals surface area contributed by atoms with E-state index in [0.29, 0.717) is 12.2 Å². The molecule has 1 saturated heterocycles. The van der Waals surface area contributed by atoms with Gasteiger partial charge >= 0.3 is 0 Å². The number of nitro benzene ring substituents is 1. The summed E-state index contributed by atoms with van der Waals surface area (Å²) in [7, 11) is -2.45. The number of anilines is 1. The second-order valence-electron chi connectivity index (χ2n) is 7.55. The molecule has 0 atom stereocenters. The van der Waals surface area contributed by atoms with E-state index < -0.39 is 14.9 Å². The Morgan fingerprint density at radius 3 is 2.50 bits per heavy atom. The summed E-state index contributed by atoms with van der Waals surface area (Å²) in [5, 5.41) is 14.8. The Morgan fingerprint density at radius 1 is 1.21 bits per heavy atom. The first kappa shape index (κ1) is 21.0. The molecule has 1 aliphatic carbocycles. The van der Waals surface area contributed by atoms with E-state index >= 15 is 0 Å². The third-order valence-electron chi connectivity index (χ3n) is 6.02. The van der Waals surface area contributed by atoms with Crippen LogP contribution >= 0.6 is 0 Å². The minimum absolute atomic E-state index is 0.0334. The molecule has 2 fully saturated rings. The monoisotopic (exact) mass is 413 g/mol. The fourth-order valence-corrected chi connectivity index (χ4v) is 5.14. The quantitative estimate of drug-likeness (QED) is 0.444. The Hall–Kier alpha value is -1.75. The van der Waals surface area contributed by atoms with E-state index in [1.54, 1.807) is 0 Å². The molecule has 28 heavy (non-hydrogen) atoms. The lowest BCUT2D eigenvalue weighted by molar-refractivity contribution is -0.959. The SMILES string of the molecule is CNS(=O)(=O)c1ccc(NCC2([NH+]3CCOCC3)CCCCC2)c([N+](=O)[O-])c1. The molecule has 1 heterocycles. The maximum Gasteiger partial charge on any atom is 0.293 e. The number of morpholine rings is 1. The molecule has 3 N–H and O–H groups in total. The van der Waals surface area contributed by atoms with Crippen molar-refractivity contribution in [1.29, 1.82) is 0 Å². The molecule has 0 radical (unpaired) electrons. The molecular formula is C18H29N4O5S+. The molecular weight excluding hydrogens is 384 g/mol. The molecule has 1 aromatic carbocycles. The fourth-order valence-electron chi connectivity index (χ4n) is 4.39. The van der Waals surface area contributed by atoms with E-state index in [-0.39, 0.29) is 16.1 Å². The highest BCUT2D eigenvalue weighted by atomic mass is 32.2. The average Bonchev–Trinajstić information content (AvgIpc) is 2.73. The van der Waals surface area contributed by atoms with Crippen molar-refractivity contribution in [2.45, 2.75) is 42.5 Å². The van der Waals surface area contributed by atoms with Crippen molar-refractivity contribution in [3.05, 3.63) is 28.3 Å². The molecule has 0 amide bonds. The number of hydrogen-bond acceptors (Lipinski definition) is 6. The van der Waals surface area contributed by atoms with Crippen LogP contribution in [0.4, 0.5) is 11.4 Å². The summed E-state index contributed by atoms with van der Waals surface area (Å²) in [5.41, 5.74) is 0.169. The highest BCUT2D eigenvalue weighted by molar-refractivity contribution is 7.89. The highest BCUT2D eigenvalue weighted by Gasteiger charge is 2.42. The zero-order valence-corrected chi connectivity index (χ0v) is 17.0. The van der Waals surface area contributed by atoms with Gasteiger partial charge in [-0.3, -0.25) is 10.1 Å². The van der Waals surface area contributed by atoms with Gasteiger partial charge in [0.1, 0.15) is 24.3 Å². The van der Waals surface area contributed by atoms with Gasteiger partial charge in [-0.05, 0) is 32.0 Å². The number of nitrogens with one attached hydrogen (secondary N) is 3. The van der Waals surface area contributed by atoms with Crippen LogP contribution in [0.3, 0.4) is 0 Å². The van der Waals surface area contributed by atoms with Crippen LogP contribution in [-0.4, -0.2) is 58.8 Å². The molecule has 1 aliphatic heterocycles. The largest absolute Gasteiger partial charge is 0.373 e. The average molecular weight is 414 g/mol. The van der Waals surface area contributed by atoms with Gasteiger partial charge < -0.3 is 15.0 Å². The van der Waals surface area contributed by atoms with E-state index in [1.807, 2.05) is 0 Å². The Labute approximate surface area is 165 Å². The summed E-state index contributed by atoms with van der Waals surface area (Å²) >= 11 is 0. The highest BCUT2D eigenvalue weighted by Crippen LogP contribution is 2.30. The van der Waals surface area contributed by atoms with Crippen LogP contribution in [0, 0.1) is 10.1 Å². The first-order valence-corrected chi connectivity index (χ1v) is 11.3. The third kappa shape index (κ3) is 4.45. The Balaban J connectivity index is 1.84. The number of ether oxygens (including phenoxy) is 1. The Bertz CT molecular complexity index is 802. The number of sulfonamides is 1. The van der Waals surface area contributed by atoms with Crippen LogP contribution in [0.5, 0.6) is 0 Å². The van der Waals surface area contributed by atoms with Crippen molar-refractivity contribution in [1.82, 2.24) is 4.72 Å². The summed E-state index contributed by atoms with van der Waals surface area (Å²) in [5.74, 6) is 0. The fraction of sp³-hybridized carbons (Fsp3) is 0.667. The van der Waals surface area contributed by atoms with Gasteiger partial charge in [-0.1, -0.05) is 6.42 Å². The zero-order valence-electron chi connectivity index (χ0n) is 16.2. The summed E-state index contributed by atoms with van der Waals surface area (Å²) in [4.78, 5) is 12.4. The van der Waals surface area contributed by atoms with E-state index in [9.17, 15) is 18.5 Å². The number of nitro groups is 1. The number of hydrogen-bond donors (Lipinski definition) is 3. The molecule has 0 spiro atoms. The molecule has 156 valence electrons.